The number of hydrogen-bond donors (Lipinski definition) is 1. The molecule has 0 atom stereocenters. The van der Waals surface area contributed by atoms with Gasteiger partial charge >= 0.3 is 21.7 Å². The molecule has 0 amide bonds. The molecule has 0 radical (unpaired) electrons. The van der Waals surface area contributed by atoms with E-state index in [4.69, 9.17) is 0 Å². The summed E-state index contributed by atoms with van der Waals surface area (Å²) in [5.74, 6) is -3.65. The van der Waals surface area contributed by atoms with E-state index in [0.717, 1.165) is 4.72 Å². The van der Waals surface area contributed by atoms with Crippen molar-refractivity contribution in [1.29, 1.82) is 0 Å². The van der Waals surface area contributed by atoms with Crippen molar-refractivity contribution in [2.75, 3.05) is 0 Å². The summed E-state index contributed by atoms with van der Waals surface area (Å²) in [6.45, 7) is -1.49. The zero-order valence-corrected chi connectivity index (χ0v) is 10.4. The van der Waals surface area contributed by atoms with E-state index in [1.807, 2.05) is 0 Å². The molecule has 0 spiro atoms. The summed E-state index contributed by atoms with van der Waals surface area (Å²) < 4.78 is 121. The molecule has 21 heavy (non-hydrogen) atoms. The SMILES string of the molecule is O=S(=O)(NCc1c(F)cc(C(F)(F)F)cc1F)C(F)(F)F. The molecule has 1 rings (SSSR count). The van der Waals surface area contributed by atoms with Gasteiger partial charge in [0.15, 0.2) is 0 Å². The zero-order chi connectivity index (χ0) is 16.6. The van der Waals surface area contributed by atoms with Crippen molar-refractivity contribution in [3.8, 4) is 0 Å². The van der Waals surface area contributed by atoms with E-state index in [0.29, 0.717) is 0 Å². The summed E-state index contributed by atoms with van der Waals surface area (Å²) in [6, 6.07) is -0.305. The van der Waals surface area contributed by atoms with E-state index < -0.39 is 51.0 Å². The molecular formula is C9H5F8NO2S. The Labute approximate surface area is 112 Å². The maximum absolute atomic E-state index is 13.3. The van der Waals surface area contributed by atoms with Crippen molar-refractivity contribution in [2.24, 2.45) is 0 Å². The van der Waals surface area contributed by atoms with Gasteiger partial charge in [-0.3, -0.25) is 0 Å². The smallest absolute Gasteiger partial charge is 0.207 e. The molecule has 1 aromatic rings. The van der Waals surface area contributed by atoms with E-state index in [1.165, 1.54) is 0 Å². The van der Waals surface area contributed by atoms with Gasteiger partial charge in [-0.2, -0.15) is 26.3 Å². The summed E-state index contributed by atoms with van der Waals surface area (Å²) in [5.41, 5.74) is -8.68. The van der Waals surface area contributed by atoms with Crippen molar-refractivity contribution in [1.82, 2.24) is 4.72 Å². The molecule has 0 aliphatic heterocycles. The van der Waals surface area contributed by atoms with Crippen LogP contribution in [0.5, 0.6) is 0 Å². The molecule has 3 nitrogen and oxygen atoms in total. The standard InChI is InChI=1S/C9H5F8NO2S/c10-6-1-4(8(12,13)14)2-7(11)5(6)3-18-21(19,20)9(15,16)17/h1-2,18H,3H2. The Hall–Kier alpha value is -1.43. The second-order valence-electron chi connectivity index (χ2n) is 3.69. The average Bonchev–Trinajstić information content (AvgIpc) is 2.24. The van der Waals surface area contributed by atoms with Gasteiger partial charge in [-0.1, -0.05) is 0 Å². The zero-order valence-electron chi connectivity index (χ0n) is 9.61. The first-order valence-electron chi connectivity index (χ1n) is 4.87. The number of halogens is 8. The summed E-state index contributed by atoms with van der Waals surface area (Å²) in [5, 5.41) is 0. The molecule has 1 aromatic carbocycles. The van der Waals surface area contributed by atoms with E-state index in [2.05, 4.69) is 0 Å². The van der Waals surface area contributed by atoms with Gasteiger partial charge in [-0.15, -0.1) is 0 Å². The molecule has 0 unspecified atom stereocenters. The molecule has 0 aromatic heterocycles. The first-order chi connectivity index (χ1) is 9.25. The highest BCUT2D eigenvalue weighted by molar-refractivity contribution is 7.90. The fourth-order valence-electron chi connectivity index (χ4n) is 1.18. The van der Waals surface area contributed by atoms with Gasteiger partial charge in [0.25, 0.3) is 0 Å². The molecule has 0 aliphatic rings. The van der Waals surface area contributed by atoms with Crippen molar-refractivity contribution < 1.29 is 43.5 Å². The lowest BCUT2D eigenvalue weighted by Crippen LogP contribution is -2.36. The summed E-state index contributed by atoms with van der Waals surface area (Å²) in [4.78, 5) is 0. The van der Waals surface area contributed by atoms with Gasteiger partial charge in [-0.25, -0.2) is 21.9 Å². The van der Waals surface area contributed by atoms with Crippen molar-refractivity contribution in [2.45, 2.75) is 18.2 Å². The number of benzene rings is 1. The van der Waals surface area contributed by atoms with Crippen LogP contribution in [0.15, 0.2) is 12.1 Å². The Balaban J connectivity index is 3.08. The first kappa shape index (κ1) is 17.6. The Kier molecular flexibility index (Phi) is 4.53. The minimum atomic E-state index is -5.87. The van der Waals surface area contributed by atoms with Crippen LogP contribution < -0.4 is 4.72 Å². The predicted octanol–water partition coefficient (Wildman–Crippen LogP) is 2.92. The van der Waals surface area contributed by atoms with Crippen LogP contribution in [0.1, 0.15) is 11.1 Å². The van der Waals surface area contributed by atoms with Gasteiger partial charge in [0.1, 0.15) is 11.6 Å². The highest BCUT2D eigenvalue weighted by atomic mass is 32.2. The number of alkyl halides is 6. The van der Waals surface area contributed by atoms with Gasteiger partial charge in [0.2, 0.25) is 0 Å². The minimum Gasteiger partial charge on any atom is -0.207 e. The van der Waals surface area contributed by atoms with Crippen LogP contribution in [-0.2, 0) is 22.7 Å². The van der Waals surface area contributed by atoms with Crippen LogP contribution in [0, 0.1) is 11.6 Å². The molecule has 0 aliphatic carbocycles. The minimum absolute atomic E-state index is 0.152. The van der Waals surface area contributed by atoms with Crippen LogP contribution >= 0.6 is 0 Å². The largest absolute Gasteiger partial charge is 0.511 e. The Morgan fingerprint density at radius 2 is 1.38 bits per heavy atom. The van der Waals surface area contributed by atoms with Crippen LogP contribution in [0.25, 0.3) is 0 Å². The van der Waals surface area contributed by atoms with Crippen LogP contribution in [-0.4, -0.2) is 13.9 Å². The third kappa shape index (κ3) is 4.03. The molecule has 0 heterocycles. The topological polar surface area (TPSA) is 46.2 Å². The molecule has 0 saturated heterocycles. The Morgan fingerprint density at radius 3 is 1.71 bits per heavy atom. The van der Waals surface area contributed by atoms with Crippen LogP contribution in [0.4, 0.5) is 35.1 Å². The van der Waals surface area contributed by atoms with E-state index >= 15 is 0 Å². The Morgan fingerprint density at radius 1 is 0.952 bits per heavy atom. The van der Waals surface area contributed by atoms with Gasteiger partial charge in [0, 0.05) is 12.1 Å². The maximum Gasteiger partial charge on any atom is 0.511 e. The second kappa shape index (κ2) is 5.40. The number of nitrogens with one attached hydrogen (secondary N) is 1. The average molecular weight is 343 g/mol. The first-order valence-corrected chi connectivity index (χ1v) is 6.35. The number of rotatable bonds is 3. The molecular weight excluding hydrogens is 338 g/mol. The Bertz CT molecular complexity index is 611. The molecule has 0 bridgehead atoms. The lowest BCUT2D eigenvalue weighted by atomic mass is 10.1. The monoisotopic (exact) mass is 343 g/mol. The lowest BCUT2D eigenvalue weighted by molar-refractivity contribution is -0.138. The fourth-order valence-corrected chi connectivity index (χ4v) is 1.68. The molecule has 0 saturated carbocycles. The summed E-state index contributed by atoms with van der Waals surface area (Å²) in [6.07, 6.45) is -5.06. The summed E-state index contributed by atoms with van der Waals surface area (Å²) in [7, 11) is -5.87. The second-order valence-corrected chi connectivity index (χ2v) is 5.44. The van der Waals surface area contributed by atoms with Crippen molar-refractivity contribution in [3.63, 3.8) is 0 Å². The third-order valence-electron chi connectivity index (χ3n) is 2.21. The molecule has 12 heteroatoms. The van der Waals surface area contributed by atoms with Crippen LogP contribution in [0.2, 0.25) is 0 Å². The normalized spacial score (nSPS) is 13.5. The molecule has 0 fully saturated rings. The highest BCUT2D eigenvalue weighted by Crippen LogP contribution is 2.31. The molecule has 1 N–H and O–H groups in total. The van der Waals surface area contributed by atoms with Crippen molar-refractivity contribution in [3.05, 3.63) is 34.9 Å². The lowest BCUT2D eigenvalue weighted by Gasteiger charge is -2.12. The number of hydrogen-bond acceptors (Lipinski definition) is 2. The van der Waals surface area contributed by atoms with E-state index in [1.54, 1.807) is 0 Å². The summed E-state index contributed by atoms with van der Waals surface area (Å²) >= 11 is 0. The highest BCUT2D eigenvalue weighted by Gasteiger charge is 2.45. The van der Waals surface area contributed by atoms with Crippen LogP contribution in [0.3, 0.4) is 0 Å². The van der Waals surface area contributed by atoms with Gasteiger partial charge in [-0.05, 0) is 12.1 Å². The maximum atomic E-state index is 13.3. The number of sulfonamides is 1. The van der Waals surface area contributed by atoms with E-state index in [9.17, 15) is 43.5 Å². The quantitative estimate of drug-likeness (QED) is 0.858. The fraction of sp³-hybridized carbons (Fsp3) is 0.333. The molecule has 120 valence electrons. The van der Waals surface area contributed by atoms with Gasteiger partial charge in [0.05, 0.1) is 5.56 Å². The van der Waals surface area contributed by atoms with Gasteiger partial charge < -0.3 is 0 Å². The predicted molar refractivity (Wildman–Crippen MR) is 53.2 cm³/mol. The third-order valence-corrected chi connectivity index (χ3v) is 3.35. The van der Waals surface area contributed by atoms with Crippen molar-refractivity contribution >= 4 is 10.0 Å². The van der Waals surface area contributed by atoms with E-state index in [-0.39, 0.29) is 12.1 Å².